The minimum Gasteiger partial charge on any atom is -0.543 e. The lowest BCUT2D eigenvalue weighted by molar-refractivity contribution is 0.531. The van der Waals surface area contributed by atoms with Gasteiger partial charge in [-0.25, -0.2) is 9.97 Å². The molecule has 0 bridgehead atoms. The minimum absolute atomic E-state index is 0.634. The molecule has 0 fully saturated rings. The van der Waals surface area contributed by atoms with Crippen molar-refractivity contribution in [1.29, 1.82) is 0 Å². The lowest BCUT2D eigenvalue weighted by Gasteiger charge is -2.26. The van der Waals surface area contributed by atoms with Crippen LogP contribution in [0.15, 0.2) is 24.3 Å². The molecule has 0 aliphatic rings. The molecule has 0 saturated carbocycles. The molecular formula is C26H40N2O4Si4. The van der Waals surface area contributed by atoms with Crippen molar-refractivity contribution in [2.24, 2.45) is 0 Å². The average Bonchev–Trinajstić information content (AvgIpc) is 2.61. The first-order valence-corrected chi connectivity index (χ1v) is 26.2. The monoisotopic (exact) mass is 556 g/mol. The molecule has 194 valence electrons. The highest BCUT2D eigenvalue weighted by atomic mass is 28.4. The van der Waals surface area contributed by atoms with Crippen LogP contribution in [0.25, 0.3) is 32.6 Å². The number of hydrogen-bond donors (Lipinski definition) is 0. The zero-order valence-electron chi connectivity index (χ0n) is 23.8. The Balaban J connectivity index is 2.14. The maximum Gasteiger partial charge on any atom is 0.244 e. The minimum atomic E-state index is -1.92. The largest absolute Gasteiger partial charge is 0.543 e. The van der Waals surface area contributed by atoms with Gasteiger partial charge >= 0.3 is 0 Å². The normalized spacial score (nSPS) is 13.6. The van der Waals surface area contributed by atoms with Gasteiger partial charge in [0.1, 0.15) is 22.5 Å². The van der Waals surface area contributed by atoms with Gasteiger partial charge in [0.25, 0.3) is 0 Å². The molecule has 6 nitrogen and oxygen atoms in total. The van der Waals surface area contributed by atoms with E-state index in [0.717, 1.165) is 44.1 Å². The molecule has 4 aromatic rings. The van der Waals surface area contributed by atoms with E-state index in [2.05, 4.69) is 90.7 Å². The van der Waals surface area contributed by atoms with Crippen molar-refractivity contribution in [2.75, 3.05) is 0 Å². The smallest absolute Gasteiger partial charge is 0.244 e. The van der Waals surface area contributed by atoms with Gasteiger partial charge in [-0.2, -0.15) is 0 Å². The number of rotatable bonds is 8. The first-order valence-electron chi connectivity index (χ1n) is 12.6. The van der Waals surface area contributed by atoms with E-state index < -0.39 is 33.3 Å². The van der Waals surface area contributed by atoms with Gasteiger partial charge in [0, 0.05) is 22.9 Å². The molecule has 0 N–H and O–H groups in total. The highest BCUT2D eigenvalue weighted by molar-refractivity contribution is 6.71. The van der Waals surface area contributed by atoms with Gasteiger partial charge in [0.05, 0.1) is 0 Å². The predicted molar refractivity (Wildman–Crippen MR) is 162 cm³/mol. The quantitative estimate of drug-likeness (QED) is 0.161. The summed E-state index contributed by atoms with van der Waals surface area (Å²) in [5.41, 5.74) is 1.64. The van der Waals surface area contributed by atoms with Crippen molar-refractivity contribution < 1.29 is 17.7 Å². The van der Waals surface area contributed by atoms with Gasteiger partial charge in [0.2, 0.25) is 45.0 Å². The molecule has 2 aromatic heterocycles. The Bertz CT molecular complexity index is 1320. The van der Waals surface area contributed by atoms with Gasteiger partial charge < -0.3 is 17.7 Å². The van der Waals surface area contributed by atoms with Gasteiger partial charge in [-0.1, -0.05) is 0 Å². The zero-order chi connectivity index (χ0) is 26.8. The molecule has 2 heterocycles. The van der Waals surface area contributed by atoms with Crippen LogP contribution in [0.3, 0.4) is 0 Å². The van der Waals surface area contributed by atoms with E-state index in [-0.39, 0.29) is 0 Å². The molecule has 0 unspecified atom stereocenters. The van der Waals surface area contributed by atoms with Crippen molar-refractivity contribution in [3.8, 4) is 23.3 Å². The van der Waals surface area contributed by atoms with Crippen molar-refractivity contribution in [2.45, 2.75) is 78.6 Å². The maximum atomic E-state index is 6.61. The van der Waals surface area contributed by atoms with E-state index >= 15 is 0 Å². The summed E-state index contributed by atoms with van der Waals surface area (Å²) in [5.74, 6) is 2.85. The summed E-state index contributed by atoms with van der Waals surface area (Å²) in [6.07, 6.45) is 0. The summed E-state index contributed by atoms with van der Waals surface area (Å²) >= 11 is 0. The molecule has 0 aliphatic heterocycles. The molecule has 10 heteroatoms. The Morgan fingerprint density at radius 3 is 1.03 bits per heavy atom. The van der Waals surface area contributed by atoms with Gasteiger partial charge in [-0.3, -0.25) is 0 Å². The Morgan fingerprint density at radius 2 is 0.750 bits per heavy atom. The van der Waals surface area contributed by atoms with Crippen LogP contribution in [0.2, 0.25) is 78.6 Å². The van der Waals surface area contributed by atoms with E-state index in [9.17, 15) is 0 Å². The molecule has 0 radical (unpaired) electrons. The van der Waals surface area contributed by atoms with Crippen molar-refractivity contribution in [3.05, 3.63) is 24.3 Å². The van der Waals surface area contributed by atoms with E-state index in [4.69, 9.17) is 27.7 Å². The van der Waals surface area contributed by atoms with Crippen molar-refractivity contribution >= 4 is 65.8 Å². The Hall–Kier alpha value is -2.15. The highest BCUT2D eigenvalue weighted by Gasteiger charge is 2.28. The molecule has 36 heavy (non-hydrogen) atoms. The molecule has 0 aliphatic carbocycles. The van der Waals surface area contributed by atoms with Crippen LogP contribution in [0.5, 0.6) is 23.3 Å². The molecule has 0 spiro atoms. The second kappa shape index (κ2) is 8.71. The predicted octanol–water partition coefficient (Wildman–Crippen LogP) is 8.23. The van der Waals surface area contributed by atoms with Crippen LogP contribution < -0.4 is 17.7 Å². The number of pyridine rings is 2. The number of benzene rings is 2. The molecule has 4 rings (SSSR count). The van der Waals surface area contributed by atoms with Crippen LogP contribution in [0.4, 0.5) is 0 Å². The number of nitrogens with zero attached hydrogens (tertiary/aromatic N) is 2. The third kappa shape index (κ3) is 6.21. The lowest BCUT2D eigenvalue weighted by atomic mass is 9.98. The van der Waals surface area contributed by atoms with Gasteiger partial charge in [-0.15, -0.1) is 0 Å². The van der Waals surface area contributed by atoms with Crippen molar-refractivity contribution in [3.63, 3.8) is 0 Å². The highest BCUT2D eigenvalue weighted by Crippen LogP contribution is 2.45. The van der Waals surface area contributed by atoms with Crippen LogP contribution in [0.1, 0.15) is 0 Å². The van der Waals surface area contributed by atoms with Gasteiger partial charge in [-0.05, 0) is 101 Å². The average molecular weight is 557 g/mol. The Morgan fingerprint density at radius 1 is 0.444 bits per heavy atom. The van der Waals surface area contributed by atoms with E-state index in [1.807, 2.05) is 12.1 Å². The summed E-state index contributed by atoms with van der Waals surface area (Å²) in [6, 6.07) is 8.29. The fraction of sp³-hybridized carbons (Fsp3) is 0.462. The summed E-state index contributed by atoms with van der Waals surface area (Å²) in [7, 11) is -7.59. The molecular weight excluding hydrogens is 517 g/mol. The summed E-state index contributed by atoms with van der Waals surface area (Å²) in [4.78, 5) is 10.0. The third-order valence-corrected chi connectivity index (χ3v) is 8.30. The summed E-state index contributed by atoms with van der Waals surface area (Å²) in [6.45, 7) is 26.2. The van der Waals surface area contributed by atoms with Crippen LogP contribution >= 0.6 is 0 Å². The zero-order valence-corrected chi connectivity index (χ0v) is 27.8. The molecule has 0 saturated heterocycles. The second-order valence-corrected chi connectivity index (χ2v) is 31.1. The topological polar surface area (TPSA) is 62.7 Å². The van der Waals surface area contributed by atoms with Crippen molar-refractivity contribution in [1.82, 2.24) is 9.97 Å². The molecule has 2 aromatic carbocycles. The molecule has 0 atom stereocenters. The SMILES string of the molecule is C[Si](C)(C)Oc1cc2cc(O[Si](C)(C)C)c3nc(O[Si](C)(C)C)cc4cc(O[Si](C)(C)C)c(n1)c2c43. The summed E-state index contributed by atoms with van der Waals surface area (Å²) in [5, 5.41) is 4.13. The number of aromatic nitrogens is 2. The van der Waals surface area contributed by atoms with Gasteiger partial charge in [0.15, 0.2) is 0 Å². The fourth-order valence-electron chi connectivity index (χ4n) is 4.16. The van der Waals surface area contributed by atoms with Crippen LogP contribution in [-0.2, 0) is 0 Å². The van der Waals surface area contributed by atoms with E-state index in [1.54, 1.807) is 0 Å². The number of hydrogen-bond acceptors (Lipinski definition) is 6. The molecule has 0 amide bonds. The third-order valence-electron chi connectivity index (χ3n) is 5.00. The Labute approximate surface area is 219 Å². The fourth-order valence-corrected chi connectivity index (χ4v) is 7.25. The van der Waals surface area contributed by atoms with E-state index in [0.29, 0.717) is 11.8 Å². The van der Waals surface area contributed by atoms with Crippen LogP contribution in [-0.4, -0.2) is 43.2 Å². The maximum absolute atomic E-state index is 6.61. The summed E-state index contributed by atoms with van der Waals surface area (Å²) < 4.78 is 26.0. The second-order valence-electron chi connectivity index (χ2n) is 13.4. The van der Waals surface area contributed by atoms with Crippen LogP contribution in [0, 0.1) is 0 Å². The van der Waals surface area contributed by atoms with E-state index in [1.165, 1.54) is 0 Å². The first kappa shape index (κ1) is 26.9. The lowest BCUT2D eigenvalue weighted by Crippen LogP contribution is -2.31. The Kier molecular flexibility index (Phi) is 6.51. The first-order chi connectivity index (χ1) is 16.3. The standard InChI is InChI=1S/C26H40N2O4Si4/c1-33(2,3)29-19-13-17-15-22(32-36(10,11)12)28-26-20(30-34(4,5)6)14-18-16-21(31-35(7,8)9)27-25(19)23(18)24(17)26/h13-16H,1-12H3.